The van der Waals surface area contributed by atoms with Gasteiger partial charge in [-0.15, -0.1) is 0 Å². The van der Waals surface area contributed by atoms with Crippen LogP contribution in [0.15, 0.2) is 28.9 Å². The number of aliphatic hydroxyl groups is 1. The van der Waals surface area contributed by atoms with E-state index in [9.17, 15) is 8.78 Å². The number of benzene rings is 1. The summed E-state index contributed by atoms with van der Waals surface area (Å²) in [6.07, 6.45) is 1.29. The molecule has 0 fully saturated rings. The fourth-order valence-corrected chi connectivity index (χ4v) is 1.27. The van der Waals surface area contributed by atoms with Crippen molar-refractivity contribution in [3.8, 4) is 11.3 Å². The van der Waals surface area contributed by atoms with Crippen molar-refractivity contribution < 1.29 is 18.4 Å². The van der Waals surface area contributed by atoms with Gasteiger partial charge in [-0.3, -0.25) is 0 Å². The van der Waals surface area contributed by atoms with Gasteiger partial charge in [-0.2, -0.15) is 0 Å². The molecule has 0 bridgehead atoms. The van der Waals surface area contributed by atoms with Gasteiger partial charge in [0.15, 0.2) is 5.76 Å². The first-order valence-corrected chi connectivity index (χ1v) is 4.22. The van der Waals surface area contributed by atoms with Crippen molar-refractivity contribution in [1.29, 1.82) is 0 Å². The van der Waals surface area contributed by atoms with Gasteiger partial charge >= 0.3 is 0 Å². The van der Waals surface area contributed by atoms with E-state index in [4.69, 9.17) is 9.63 Å². The SMILES string of the molecule is OCc1cnoc1-c1ccc(F)cc1F. The third kappa shape index (κ3) is 1.73. The van der Waals surface area contributed by atoms with Gasteiger partial charge in [0, 0.05) is 11.6 Å². The van der Waals surface area contributed by atoms with Crippen LogP contribution in [0.25, 0.3) is 11.3 Å². The van der Waals surface area contributed by atoms with Gasteiger partial charge < -0.3 is 9.63 Å². The first-order valence-electron chi connectivity index (χ1n) is 4.22. The molecule has 0 saturated carbocycles. The minimum Gasteiger partial charge on any atom is -0.391 e. The second-order valence-corrected chi connectivity index (χ2v) is 2.96. The largest absolute Gasteiger partial charge is 0.391 e. The van der Waals surface area contributed by atoms with E-state index in [2.05, 4.69) is 5.16 Å². The first kappa shape index (κ1) is 9.79. The average molecular weight is 211 g/mol. The second-order valence-electron chi connectivity index (χ2n) is 2.96. The molecule has 1 aromatic carbocycles. The van der Waals surface area contributed by atoms with Gasteiger partial charge in [-0.25, -0.2) is 8.78 Å². The molecule has 78 valence electrons. The number of hydrogen-bond acceptors (Lipinski definition) is 3. The van der Waals surface area contributed by atoms with E-state index in [1.807, 2.05) is 0 Å². The molecule has 0 unspecified atom stereocenters. The predicted octanol–water partition coefficient (Wildman–Crippen LogP) is 2.11. The van der Waals surface area contributed by atoms with Crippen LogP contribution in [0.1, 0.15) is 5.56 Å². The maximum Gasteiger partial charge on any atom is 0.175 e. The molecule has 0 atom stereocenters. The lowest BCUT2D eigenvalue weighted by Gasteiger charge is -2.00. The van der Waals surface area contributed by atoms with E-state index in [0.29, 0.717) is 5.56 Å². The lowest BCUT2D eigenvalue weighted by atomic mass is 10.1. The molecule has 15 heavy (non-hydrogen) atoms. The van der Waals surface area contributed by atoms with Crippen LogP contribution in [0.3, 0.4) is 0 Å². The Labute approximate surface area is 83.9 Å². The summed E-state index contributed by atoms with van der Waals surface area (Å²) in [5.74, 6) is -1.29. The smallest absolute Gasteiger partial charge is 0.175 e. The van der Waals surface area contributed by atoms with Gasteiger partial charge in [-0.05, 0) is 12.1 Å². The average Bonchev–Trinajstić information content (AvgIpc) is 2.65. The summed E-state index contributed by atoms with van der Waals surface area (Å²) in [5.41, 5.74) is 0.443. The summed E-state index contributed by atoms with van der Waals surface area (Å²) in [5, 5.41) is 12.4. The summed E-state index contributed by atoms with van der Waals surface area (Å²) >= 11 is 0. The molecule has 0 amide bonds. The number of nitrogens with zero attached hydrogens (tertiary/aromatic N) is 1. The van der Waals surface area contributed by atoms with E-state index in [1.165, 1.54) is 12.3 Å². The highest BCUT2D eigenvalue weighted by Gasteiger charge is 2.14. The number of hydrogen-bond donors (Lipinski definition) is 1. The van der Waals surface area contributed by atoms with Crippen molar-refractivity contribution in [2.45, 2.75) is 6.61 Å². The summed E-state index contributed by atoms with van der Waals surface area (Å²) in [6, 6.07) is 3.10. The number of aliphatic hydroxyl groups excluding tert-OH is 1. The molecule has 1 N–H and O–H groups in total. The molecule has 0 aliphatic rings. The number of halogens is 2. The zero-order valence-electron chi connectivity index (χ0n) is 7.58. The van der Waals surface area contributed by atoms with E-state index in [1.54, 1.807) is 0 Å². The normalized spacial score (nSPS) is 10.6. The molecule has 0 radical (unpaired) electrons. The van der Waals surface area contributed by atoms with Crippen molar-refractivity contribution in [2.24, 2.45) is 0 Å². The Morgan fingerprint density at radius 3 is 2.80 bits per heavy atom. The maximum atomic E-state index is 13.3. The van der Waals surface area contributed by atoms with Gasteiger partial charge in [0.25, 0.3) is 0 Å². The lowest BCUT2D eigenvalue weighted by molar-refractivity contribution is 0.281. The summed E-state index contributed by atoms with van der Waals surface area (Å²) in [7, 11) is 0. The Hall–Kier alpha value is -1.75. The molecule has 0 aliphatic carbocycles. The van der Waals surface area contributed by atoms with Crippen LogP contribution in [0.5, 0.6) is 0 Å². The quantitative estimate of drug-likeness (QED) is 0.827. The standard InChI is InChI=1S/C10H7F2NO2/c11-7-1-2-8(9(12)3-7)10-6(5-14)4-13-15-10/h1-4,14H,5H2. The van der Waals surface area contributed by atoms with Crippen molar-refractivity contribution in [2.75, 3.05) is 0 Å². The molecule has 5 heteroatoms. The Balaban J connectivity index is 2.54. The Kier molecular flexibility index (Phi) is 2.47. The van der Waals surface area contributed by atoms with Crippen LogP contribution in [-0.2, 0) is 6.61 Å². The van der Waals surface area contributed by atoms with Crippen molar-refractivity contribution in [1.82, 2.24) is 5.16 Å². The van der Waals surface area contributed by atoms with Gasteiger partial charge in [-0.1, -0.05) is 5.16 Å². The molecule has 1 heterocycles. The number of aromatic nitrogens is 1. The predicted molar refractivity (Wildman–Crippen MR) is 47.8 cm³/mol. The molecule has 3 nitrogen and oxygen atoms in total. The molecule has 2 rings (SSSR count). The van der Waals surface area contributed by atoms with E-state index < -0.39 is 11.6 Å². The minimum atomic E-state index is -0.749. The molecular weight excluding hydrogens is 204 g/mol. The first-order chi connectivity index (χ1) is 7.22. The molecule has 1 aromatic heterocycles. The Morgan fingerprint density at radius 2 is 2.13 bits per heavy atom. The summed E-state index contributed by atoms with van der Waals surface area (Å²) in [6.45, 7) is -0.310. The van der Waals surface area contributed by atoms with E-state index in [-0.39, 0.29) is 17.9 Å². The molecule has 0 aliphatic heterocycles. The van der Waals surface area contributed by atoms with E-state index in [0.717, 1.165) is 12.1 Å². The fraction of sp³-hybridized carbons (Fsp3) is 0.100. The summed E-state index contributed by atoms with van der Waals surface area (Å²) < 4.78 is 30.7. The molecule has 0 spiro atoms. The Bertz CT molecular complexity index is 482. The van der Waals surface area contributed by atoms with Crippen LogP contribution >= 0.6 is 0 Å². The summed E-state index contributed by atoms with van der Waals surface area (Å²) in [4.78, 5) is 0. The lowest BCUT2D eigenvalue weighted by Crippen LogP contribution is -1.89. The second kappa shape index (κ2) is 3.78. The fourth-order valence-electron chi connectivity index (χ4n) is 1.27. The number of rotatable bonds is 2. The monoisotopic (exact) mass is 211 g/mol. The van der Waals surface area contributed by atoms with Crippen LogP contribution in [0, 0.1) is 11.6 Å². The topological polar surface area (TPSA) is 46.3 Å². The minimum absolute atomic E-state index is 0.0814. The van der Waals surface area contributed by atoms with Gasteiger partial charge in [0.2, 0.25) is 0 Å². The third-order valence-corrected chi connectivity index (χ3v) is 1.99. The highest BCUT2D eigenvalue weighted by atomic mass is 19.1. The van der Waals surface area contributed by atoms with Crippen LogP contribution in [0.2, 0.25) is 0 Å². The van der Waals surface area contributed by atoms with Gasteiger partial charge in [0.05, 0.1) is 18.4 Å². The van der Waals surface area contributed by atoms with Crippen LogP contribution < -0.4 is 0 Å². The molecule has 2 aromatic rings. The highest BCUT2D eigenvalue weighted by Crippen LogP contribution is 2.26. The Morgan fingerprint density at radius 1 is 1.33 bits per heavy atom. The van der Waals surface area contributed by atoms with Crippen molar-refractivity contribution in [3.63, 3.8) is 0 Å². The third-order valence-electron chi connectivity index (χ3n) is 1.99. The van der Waals surface area contributed by atoms with Gasteiger partial charge in [0.1, 0.15) is 11.6 Å². The van der Waals surface area contributed by atoms with Crippen molar-refractivity contribution >= 4 is 0 Å². The zero-order chi connectivity index (χ0) is 10.8. The maximum absolute atomic E-state index is 13.3. The highest BCUT2D eigenvalue weighted by molar-refractivity contribution is 5.61. The van der Waals surface area contributed by atoms with E-state index >= 15 is 0 Å². The molecule has 0 saturated heterocycles. The van der Waals surface area contributed by atoms with Crippen molar-refractivity contribution in [3.05, 3.63) is 41.6 Å². The molecular formula is C10H7F2NO2. The van der Waals surface area contributed by atoms with Crippen LogP contribution in [0.4, 0.5) is 8.78 Å². The van der Waals surface area contributed by atoms with Crippen LogP contribution in [-0.4, -0.2) is 10.3 Å². The zero-order valence-corrected chi connectivity index (χ0v) is 7.58.